The monoisotopic (exact) mass is 306 g/mol. The zero-order valence-electron chi connectivity index (χ0n) is 11.2. The number of aromatic hydroxyl groups is 1. The number of benzene rings is 2. The third-order valence-electron chi connectivity index (χ3n) is 2.72. The second kappa shape index (κ2) is 6.85. The molecule has 1 amide bonds. The lowest BCUT2D eigenvalue weighted by atomic mass is 10.2. The Morgan fingerprint density at radius 2 is 2.10 bits per heavy atom. The van der Waals surface area contributed by atoms with Gasteiger partial charge in [0.15, 0.2) is 0 Å². The molecule has 110 valence electrons. The van der Waals surface area contributed by atoms with Crippen LogP contribution < -0.4 is 15.8 Å². The lowest BCUT2D eigenvalue weighted by Crippen LogP contribution is -2.28. The van der Waals surface area contributed by atoms with E-state index < -0.39 is 5.91 Å². The Morgan fingerprint density at radius 3 is 2.86 bits per heavy atom. The Kier molecular flexibility index (Phi) is 4.90. The van der Waals surface area contributed by atoms with Gasteiger partial charge in [0, 0.05) is 16.8 Å². The molecular weight excluding hydrogens is 292 g/mol. The number of anilines is 1. The Morgan fingerprint density at radius 1 is 1.29 bits per heavy atom. The molecule has 4 N–H and O–H groups in total. The third-order valence-corrected chi connectivity index (χ3v) is 2.95. The van der Waals surface area contributed by atoms with Crippen LogP contribution in [0, 0.1) is 0 Å². The average molecular weight is 307 g/mol. The SMILES string of the molecule is Nc1cccc(OCCNC(=O)c2cc(Cl)ccc2O)c1. The first-order chi connectivity index (χ1) is 10.1. The van der Waals surface area contributed by atoms with Crippen molar-refractivity contribution in [1.29, 1.82) is 0 Å². The standard InChI is InChI=1S/C15H15ClN2O3/c16-10-4-5-14(19)13(8-10)15(20)18-6-7-21-12-3-1-2-11(17)9-12/h1-5,8-9,19H,6-7,17H2,(H,18,20). The molecule has 5 nitrogen and oxygen atoms in total. The van der Waals surface area contributed by atoms with Crippen molar-refractivity contribution < 1.29 is 14.6 Å². The number of halogens is 1. The van der Waals surface area contributed by atoms with Crippen molar-refractivity contribution in [2.75, 3.05) is 18.9 Å². The van der Waals surface area contributed by atoms with E-state index in [-0.39, 0.29) is 17.9 Å². The fraction of sp³-hybridized carbons (Fsp3) is 0.133. The number of amides is 1. The maximum Gasteiger partial charge on any atom is 0.255 e. The van der Waals surface area contributed by atoms with Gasteiger partial charge in [-0.15, -0.1) is 0 Å². The predicted molar refractivity (Wildman–Crippen MR) is 81.8 cm³/mol. The molecule has 0 bridgehead atoms. The van der Waals surface area contributed by atoms with Gasteiger partial charge in [-0.3, -0.25) is 4.79 Å². The zero-order chi connectivity index (χ0) is 15.2. The van der Waals surface area contributed by atoms with Gasteiger partial charge in [-0.1, -0.05) is 17.7 Å². The van der Waals surface area contributed by atoms with Crippen LogP contribution in [0.1, 0.15) is 10.4 Å². The van der Waals surface area contributed by atoms with Gasteiger partial charge in [0.2, 0.25) is 0 Å². The molecule has 2 rings (SSSR count). The van der Waals surface area contributed by atoms with Crippen molar-refractivity contribution in [2.24, 2.45) is 0 Å². The summed E-state index contributed by atoms with van der Waals surface area (Å²) in [5.74, 6) is 0.106. The summed E-state index contributed by atoms with van der Waals surface area (Å²) < 4.78 is 5.44. The number of ether oxygens (including phenoxy) is 1. The van der Waals surface area contributed by atoms with Crippen LogP contribution in [-0.2, 0) is 0 Å². The maximum atomic E-state index is 11.9. The number of hydrogen-bond donors (Lipinski definition) is 3. The zero-order valence-corrected chi connectivity index (χ0v) is 11.9. The molecular formula is C15H15ClN2O3. The summed E-state index contributed by atoms with van der Waals surface area (Å²) in [5, 5.41) is 12.6. The fourth-order valence-corrected chi connectivity index (χ4v) is 1.90. The quantitative estimate of drug-likeness (QED) is 0.585. The average Bonchev–Trinajstić information content (AvgIpc) is 2.46. The van der Waals surface area contributed by atoms with Crippen LogP contribution >= 0.6 is 11.6 Å². The second-order valence-electron chi connectivity index (χ2n) is 4.34. The smallest absolute Gasteiger partial charge is 0.255 e. The van der Waals surface area contributed by atoms with E-state index in [0.29, 0.717) is 23.0 Å². The summed E-state index contributed by atoms with van der Waals surface area (Å²) in [7, 11) is 0. The summed E-state index contributed by atoms with van der Waals surface area (Å²) in [4.78, 5) is 11.9. The van der Waals surface area contributed by atoms with Crippen molar-refractivity contribution in [1.82, 2.24) is 5.32 Å². The number of nitrogens with one attached hydrogen (secondary N) is 1. The molecule has 0 atom stereocenters. The Labute approximate surface area is 127 Å². The fourth-order valence-electron chi connectivity index (χ4n) is 1.72. The first kappa shape index (κ1) is 15.0. The molecule has 0 fully saturated rings. The van der Waals surface area contributed by atoms with Crippen molar-refractivity contribution in [2.45, 2.75) is 0 Å². The molecule has 0 aliphatic carbocycles. The molecule has 0 saturated carbocycles. The molecule has 2 aromatic carbocycles. The van der Waals surface area contributed by atoms with E-state index in [0.717, 1.165) is 0 Å². The van der Waals surface area contributed by atoms with Crippen LogP contribution in [0.15, 0.2) is 42.5 Å². The van der Waals surface area contributed by atoms with Crippen LogP contribution in [0.4, 0.5) is 5.69 Å². The highest BCUT2D eigenvalue weighted by Gasteiger charge is 2.11. The number of phenols is 1. The van der Waals surface area contributed by atoms with Crippen LogP contribution in [-0.4, -0.2) is 24.2 Å². The maximum absolute atomic E-state index is 11.9. The van der Waals surface area contributed by atoms with E-state index >= 15 is 0 Å². The predicted octanol–water partition coefficient (Wildman–Crippen LogP) is 2.44. The minimum absolute atomic E-state index is 0.117. The van der Waals surface area contributed by atoms with E-state index in [4.69, 9.17) is 22.1 Å². The molecule has 0 aromatic heterocycles. The van der Waals surface area contributed by atoms with Gasteiger partial charge in [-0.2, -0.15) is 0 Å². The molecule has 0 radical (unpaired) electrons. The summed E-state index contributed by atoms with van der Waals surface area (Å²) >= 11 is 5.79. The normalized spacial score (nSPS) is 10.1. The highest BCUT2D eigenvalue weighted by Crippen LogP contribution is 2.21. The van der Waals surface area contributed by atoms with E-state index in [2.05, 4.69) is 5.32 Å². The van der Waals surface area contributed by atoms with Crippen LogP contribution in [0.5, 0.6) is 11.5 Å². The number of carbonyl (C=O) groups excluding carboxylic acids is 1. The topological polar surface area (TPSA) is 84.6 Å². The van der Waals surface area contributed by atoms with Gasteiger partial charge in [0.25, 0.3) is 5.91 Å². The van der Waals surface area contributed by atoms with E-state index in [1.165, 1.54) is 18.2 Å². The first-order valence-corrected chi connectivity index (χ1v) is 6.69. The Balaban J connectivity index is 1.83. The van der Waals surface area contributed by atoms with Gasteiger partial charge in [0.05, 0.1) is 12.1 Å². The number of hydrogen-bond acceptors (Lipinski definition) is 4. The summed E-state index contributed by atoms with van der Waals surface area (Å²) in [6.45, 7) is 0.579. The van der Waals surface area contributed by atoms with Crippen LogP contribution in [0.25, 0.3) is 0 Å². The van der Waals surface area contributed by atoms with Gasteiger partial charge < -0.3 is 20.9 Å². The molecule has 21 heavy (non-hydrogen) atoms. The molecule has 0 heterocycles. The van der Waals surface area contributed by atoms with Crippen LogP contribution in [0.3, 0.4) is 0 Å². The minimum atomic E-state index is -0.411. The molecule has 2 aromatic rings. The van der Waals surface area contributed by atoms with Gasteiger partial charge >= 0.3 is 0 Å². The van der Waals surface area contributed by atoms with Crippen molar-refractivity contribution >= 4 is 23.2 Å². The van der Waals surface area contributed by atoms with Gasteiger partial charge in [-0.25, -0.2) is 0 Å². The highest BCUT2D eigenvalue weighted by atomic mass is 35.5. The van der Waals surface area contributed by atoms with Crippen molar-refractivity contribution in [3.05, 3.63) is 53.1 Å². The summed E-state index contributed by atoms with van der Waals surface area (Å²) in [6.07, 6.45) is 0. The second-order valence-corrected chi connectivity index (χ2v) is 4.77. The lowest BCUT2D eigenvalue weighted by Gasteiger charge is -2.09. The van der Waals surface area contributed by atoms with Crippen molar-refractivity contribution in [3.8, 4) is 11.5 Å². The van der Waals surface area contributed by atoms with E-state index in [1.807, 2.05) is 0 Å². The van der Waals surface area contributed by atoms with Crippen LogP contribution in [0.2, 0.25) is 5.02 Å². The Bertz CT molecular complexity index is 647. The Hall–Kier alpha value is -2.40. The first-order valence-electron chi connectivity index (χ1n) is 6.31. The largest absolute Gasteiger partial charge is 0.507 e. The van der Waals surface area contributed by atoms with Crippen molar-refractivity contribution in [3.63, 3.8) is 0 Å². The number of phenolic OH excluding ortho intramolecular Hbond substituents is 1. The minimum Gasteiger partial charge on any atom is -0.507 e. The highest BCUT2D eigenvalue weighted by molar-refractivity contribution is 6.31. The lowest BCUT2D eigenvalue weighted by molar-refractivity contribution is 0.0944. The molecule has 0 unspecified atom stereocenters. The molecule has 0 saturated heterocycles. The van der Waals surface area contributed by atoms with Gasteiger partial charge in [-0.05, 0) is 30.3 Å². The third kappa shape index (κ3) is 4.29. The number of nitrogens with two attached hydrogens (primary N) is 1. The molecule has 6 heteroatoms. The molecule has 0 aliphatic heterocycles. The molecule has 0 spiro atoms. The van der Waals surface area contributed by atoms with E-state index in [1.54, 1.807) is 24.3 Å². The van der Waals surface area contributed by atoms with Gasteiger partial charge in [0.1, 0.15) is 18.1 Å². The number of carbonyl (C=O) groups is 1. The van der Waals surface area contributed by atoms with E-state index in [9.17, 15) is 9.90 Å². The number of rotatable bonds is 5. The summed E-state index contributed by atoms with van der Waals surface area (Å²) in [5.41, 5.74) is 6.37. The number of nitrogen functional groups attached to an aromatic ring is 1. The molecule has 0 aliphatic rings. The summed E-state index contributed by atoms with van der Waals surface area (Å²) in [6, 6.07) is 11.3.